The standard InChI is InChI=1S/C25H32N4O4/c1-6-7-9-18(4)27-25(33)28(17(2)3)15-19-11-12-21-20(14-19)16-29(24(21)32)22(10-8-13-30)23(31)26-5/h6-7,9,11-14,17,22H,1,4,8,10,15-16H2,2-3,5H3,(H,26,31)(H,27,33)/b9-7-. The van der Waals surface area contributed by atoms with Crippen molar-refractivity contribution < 1.29 is 19.2 Å². The highest BCUT2D eigenvalue weighted by Gasteiger charge is 2.36. The van der Waals surface area contributed by atoms with Crippen molar-refractivity contribution in [3.8, 4) is 0 Å². The summed E-state index contributed by atoms with van der Waals surface area (Å²) in [6.45, 7) is 11.9. The summed E-state index contributed by atoms with van der Waals surface area (Å²) in [6.07, 6.45) is 6.14. The molecule has 0 saturated carbocycles. The van der Waals surface area contributed by atoms with Crippen LogP contribution in [-0.2, 0) is 22.7 Å². The SMILES string of the molecule is C=C/C=C\C(=C)NC(=O)N(Cc1ccc2c(c1)CN(C(CCC=O)C(=O)NC)C2=O)C(C)C. The van der Waals surface area contributed by atoms with Crippen molar-refractivity contribution in [3.05, 3.63) is 72.0 Å². The van der Waals surface area contributed by atoms with Gasteiger partial charge in [0.2, 0.25) is 5.91 Å². The van der Waals surface area contributed by atoms with Gasteiger partial charge in [0.15, 0.2) is 0 Å². The van der Waals surface area contributed by atoms with E-state index in [2.05, 4.69) is 23.8 Å². The molecule has 1 aromatic carbocycles. The van der Waals surface area contributed by atoms with Crippen LogP contribution in [0.25, 0.3) is 0 Å². The lowest BCUT2D eigenvalue weighted by atomic mass is 10.1. The summed E-state index contributed by atoms with van der Waals surface area (Å²) < 4.78 is 0. The molecule has 1 aliphatic heterocycles. The minimum Gasteiger partial charge on any atom is -0.357 e. The molecule has 8 nitrogen and oxygen atoms in total. The molecule has 1 unspecified atom stereocenters. The molecule has 1 atom stereocenters. The van der Waals surface area contributed by atoms with E-state index >= 15 is 0 Å². The van der Waals surface area contributed by atoms with Crippen molar-refractivity contribution >= 4 is 24.1 Å². The first-order valence-electron chi connectivity index (χ1n) is 10.9. The Hall–Kier alpha value is -3.68. The molecule has 8 heteroatoms. The van der Waals surface area contributed by atoms with Gasteiger partial charge in [-0.1, -0.05) is 37.4 Å². The zero-order chi connectivity index (χ0) is 24.5. The first-order chi connectivity index (χ1) is 15.7. The monoisotopic (exact) mass is 452 g/mol. The molecular weight excluding hydrogens is 420 g/mol. The number of carbonyl (C=O) groups excluding carboxylic acids is 4. The fourth-order valence-corrected chi connectivity index (χ4v) is 3.69. The van der Waals surface area contributed by atoms with Crippen LogP contribution < -0.4 is 10.6 Å². The fourth-order valence-electron chi connectivity index (χ4n) is 3.69. The number of benzene rings is 1. The number of fused-ring (bicyclic) bond motifs is 1. The number of nitrogens with zero attached hydrogens (tertiary/aromatic N) is 2. The summed E-state index contributed by atoms with van der Waals surface area (Å²) in [5.74, 6) is -0.536. The van der Waals surface area contributed by atoms with E-state index in [9.17, 15) is 19.2 Å². The van der Waals surface area contributed by atoms with Gasteiger partial charge in [0.1, 0.15) is 12.3 Å². The summed E-state index contributed by atoms with van der Waals surface area (Å²) in [5.41, 5.74) is 2.64. The third-order valence-corrected chi connectivity index (χ3v) is 5.42. The van der Waals surface area contributed by atoms with Crippen LogP contribution in [0.3, 0.4) is 0 Å². The summed E-state index contributed by atoms with van der Waals surface area (Å²) >= 11 is 0. The van der Waals surface area contributed by atoms with Gasteiger partial charge in [0.05, 0.1) is 0 Å². The van der Waals surface area contributed by atoms with E-state index < -0.39 is 6.04 Å². The van der Waals surface area contributed by atoms with E-state index in [-0.39, 0.29) is 43.3 Å². The van der Waals surface area contributed by atoms with Gasteiger partial charge in [0, 0.05) is 43.9 Å². The van der Waals surface area contributed by atoms with Crippen LogP contribution in [0.5, 0.6) is 0 Å². The van der Waals surface area contributed by atoms with Gasteiger partial charge in [0.25, 0.3) is 5.91 Å². The zero-order valence-corrected chi connectivity index (χ0v) is 19.5. The van der Waals surface area contributed by atoms with Crippen molar-refractivity contribution in [2.45, 2.75) is 51.9 Å². The largest absolute Gasteiger partial charge is 0.357 e. The Kier molecular flexibility index (Phi) is 9.15. The molecule has 1 aliphatic rings. The third-order valence-electron chi connectivity index (χ3n) is 5.42. The smallest absolute Gasteiger partial charge is 0.322 e. The number of hydrogen-bond acceptors (Lipinski definition) is 4. The van der Waals surface area contributed by atoms with Crippen LogP contribution in [0.1, 0.15) is 48.2 Å². The number of carbonyl (C=O) groups is 4. The molecule has 0 aliphatic carbocycles. The summed E-state index contributed by atoms with van der Waals surface area (Å²) in [4.78, 5) is 52.0. The van der Waals surface area contributed by atoms with Crippen molar-refractivity contribution in [3.63, 3.8) is 0 Å². The van der Waals surface area contributed by atoms with Crippen molar-refractivity contribution in [1.82, 2.24) is 20.4 Å². The second-order valence-corrected chi connectivity index (χ2v) is 8.07. The fraction of sp³-hybridized carbons (Fsp3) is 0.360. The van der Waals surface area contributed by atoms with Gasteiger partial charge in [-0.2, -0.15) is 0 Å². The van der Waals surface area contributed by atoms with Gasteiger partial charge in [-0.05, 0) is 43.5 Å². The number of amides is 4. The Labute approximate surface area is 195 Å². The zero-order valence-electron chi connectivity index (χ0n) is 19.5. The van der Waals surface area contributed by atoms with E-state index in [1.165, 1.54) is 11.9 Å². The van der Waals surface area contributed by atoms with E-state index in [1.807, 2.05) is 26.0 Å². The molecule has 2 N–H and O–H groups in total. The Balaban J connectivity index is 2.20. The lowest BCUT2D eigenvalue weighted by molar-refractivity contribution is -0.125. The lowest BCUT2D eigenvalue weighted by Gasteiger charge is -2.27. The van der Waals surface area contributed by atoms with Gasteiger partial charge in [-0.15, -0.1) is 0 Å². The normalized spacial score (nSPS) is 13.6. The number of hydrogen-bond donors (Lipinski definition) is 2. The Morgan fingerprint density at radius 1 is 1.30 bits per heavy atom. The highest BCUT2D eigenvalue weighted by Crippen LogP contribution is 2.28. The average molecular weight is 453 g/mol. The molecule has 4 amide bonds. The molecule has 176 valence electrons. The van der Waals surface area contributed by atoms with E-state index in [0.29, 0.717) is 17.8 Å². The average Bonchev–Trinajstić information content (AvgIpc) is 3.11. The molecule has 2 rings (SSSR count). The topological polar surface area (TPSA) is 98.8 Å². The molecule has 0 spiro atoms. The second kappa shape index (κ2) is 11.8. The predicted octanol–water partition coefficient (Wildman–Crippen LogP) is 2.91. The highest BCUT2D eigenvalue weighted by molar-refractivity contribution is 6.01. The molecule has 33 heavy (non-hydrogen) atoms. The van der Waals surface area contributed by atoms with Gasteiger partial charge in [-0.3, -0.25) is 9.59 Å². The van der Waals surface area contributed by atoms with Gasteiger partial charge < -0.3 is 25.2 Å². The number of rotatable bonds is 11. The minimum atomic E-state index is -0.712. The Morgan fingerprint density at radius 3 is 2.64 bits per heavy atom. The molecule has 0 bridgehead atoms. The molecule has 0 radical (unpaired) electrons. The van der Waals surface area contributed by atoms with Gasteiger partial charge in [-0.25, -0.2) is 4.79 Å². The van der Waals surface area contributed by atoms with Crippen molar-refractivity contribution in [1.29, 1.82) is 0 Å². The van der Waals surface area contributed by atoms with Crippen LogP contribution in [0.15, 0.2) is 55.3 Å². The summed E-state index contributed by atoms with van der Waals surface area (Å²) in [6, 6.07) is 4.37. The maximum atomic E-state index is 12.9. The van der Waals surface area contributed by atoms with E-state index in [1.54, 1.807) is 29.2 Å². The number of likely N-dealkylation sites (N-methyl/N-ethyl adjacent to an activating group) is 1. The summed E-state index contributed by atoms with van der Waals surface area (Å²) in [7, 11) is 1.51. The molecule has 0 saturated heterocycles. The van der Waals surface area contributed by atoms with Crippen LogP contribution >= 0.6 is 0 Å². The van der Waals surface area contributed by atoms with Crippen LogP contribution in [-0.4, -0.2) is 53.1 Å². The predicted molar refractivity (Wildman–Crippen MR) is 127 cm³/mol. The van der Waals surface area contributed by atoms with Crippen molar-refractivity contribution in [2.24, 2.45) is 0 Å². The van der Waals surface area contributed by atoms with E-state index in [4.69, 9.17) is 0 Å². The Morgan fingerprint density at radius 2 is 2.03 bits per heavy atom. The quantitative estimate of drug-likeness (QED) is 0.398. The van der Waals surface area contributed by atoms with E-state index in [0.717, 1.165) is 17.4 Å². The maximum Gasteiger partial charge on any atom is 0.322 e. The molecule has 1 heterocycles. The van der Waals surface area contributed by atoms with Gasteiger partial charge >= 0.3 is 6.03 Å². The number of urea groups is 1. The van der Waals surface area contributed by atoms with Crippen LogP contribution in [0, 0.1) is 0 Å². The maximum absolute atomic E-state index is 12.9. The molecule has 1 aromatic rings. The summed E-state index contributed by atoms with van der Waals surface area (Å²) in [5, 5.41) is 5.33. The molecule has 0 aromatic heterocycles. The first-order valence-corrected chi connectivity index (χ1v) is 10.9. The van der Waals surface area contributed by atoms with Crippen LogP contribution in [0.2, 0.25) is 0 Å². The van der Waals surface area contributed by atoms with Crippen molar-refractivity contribution in [2.75, 3.05) is 7.05 Å². The first kappa shape index (κ1) is 25.6. The second-order valence-electron chi connectivity index (χ2n) is 8.07. The number of nitrogens with one attached hydrogen (secondary N) is 2. The highest BCUT2D eigenvalue weighted by atomic mass is 16.2. The molecule has 0 fully saturated rings. The molecular formula is C25H32N4O4. The number of aldehydes is 1. The Bertz CT molecular complexity index is 967. The third kappa shape index (κ3) is 6.41. The minimum absolute atomic E-state index is 0.0754. The lowest BCUT2D eigenvalue weighted by Crippen LogP contribution is -2.46. The number of allylic oxidation sites excluding steroid dienone is 3. The van der Waals surface area contributed by atoms with Crippen LogP contribution in [0.4, 0.5) is 4.79 Å².